The normalized spacial score (nSPS) is 14.9. The molecule has 3 amide bonds. The van der Waals surface area contributed by atoms with Gasteiger partial charge in [-0.1, -0.05) is 56.7 Å². The van der Waals surface area contributed by atoms with Gasteiger partial charge in [-0.15, -0.1) is 0 Å². The van der Waals surface area contributed by atoms with Gasteiger partial charge in [0.2, 0.25) is 11.8 Å². The molecule has 8 nitrogen and oxygen atoms in total. The van der Waals surface area contributed by atoms with E-state index >= 15 is 0 Å². The van der Waals surface area contributed by atoms with Crippen molar-refractivity contribution in [1.29, 1.82) is 0 Å². The van der Waals surface area contributed by atoms with Crippen LogP contribution >= 0.6 is 0 Å². The smallest absolute Gasteiger partial charge is 0.408 e. The van der Waals surface area contributed by atoms with Crippen LogP contribution in [0.4, 0.5) is 4.79 Å². The van der Waals surface area contributed by atoms with Gasteiger partial charge in [0, 0.05) is 19.0 Å². The minimum Gasteiger partial charge on any atom is -0.508 e. The molecule has 2 aromatic rings. The van der Waals surface area contributed by atoms with Crippen LogP contribution in [-0.2, 0) is 27.2 Å². The number of nitrogens with zero attached hydrogens (tertiary/aromatic N) is 1. The molecule has 3 N–H and O–H groups in total. The van der Waals surface area contributed by atoms with E-state index in [2.05, 4.69) is 24.5 Å². The maximum atomic E-state index is 14.4. The number of hydrogen-bond donors (Lipinski definition) is 3. The molecule has 40 heavy (non-hydrogen) atoms. The molecule has 2 atom stereocenters. The Bertz CT molecular complexity index is 1120. The van der Waals surface area contributed by atoms with Gasteiger partial charge in [0.1, 0.15) is 23.4 Å². The lowest BCUT2D eigenvalue weighted by molar-refractivity contribution is -0.147. The van der Waals surface area contributed by atoms with E-state index in [-0.39, 0.29) is 30.0 Å². The number of alkyl carbamates (subject to hydrolysis) is 1. The van der Waals surface area contributed by atoms with E-state index in [0.717, 1.165) is 55.2 Å². The summed E-state index contributed by atoms with van der Waals surface area (Å²) in [6.07, 6.45) is 4.67. The van der Waals surface area contributed by atoms with E-state index in [4.69, 9.17) is 4.74 Å². The second-order valence-corrected chi connectivity index (χ2v) is 11.5. The zero-order chi connectivity index (χ0) is 29.3. The zero-order valence-corrected chi connectivity index (χ0v) is 24.5. The number of phenols is 1. The van der Waals surface area contributed by atoms with Gasteiger partial charge in [-0.2, -0.15) is 0 Å². The molecule has 1 fully saturated rings. The Morgan fingerprint density at radius 2 is 1.62 bits per heavy atom. The number of benzene rings is 2. The third kappa shape index (κ3) is 8.73. The highest BCUT2D eigenvalue weighted by Gasteiger charge is 2.42. The maximum absolute atomic E-state index is 14.4. The molecule has 2 aromatic carbocycles. The van der Waals surface area contributed by atoms with Crippen LogP contribution in [0.3, 0.4) is 0 Å². The van der Waals surface area contributed by atoms with Gasteiger partial charge in [0.05, 0.1) is 0 Å². The number of ether oxygens (including phenoxy) is 1. The van der Waals surface area contributed by atoms with Crippen LogP contribution in [0.2, 0.25) is 0 Å². The van der Waals surface area contributed by atoms with Crippen molar-refractivity contribution in [2.45, 2.75) is 103 Å². The molecule has 1 saturated carbocycles. The molecule has 2 unspecified atom stereocenters. The first-order chi connectivity index (χ1) is 19.0. The lowest BCUT2D eigenvalue weighted by Crippen LogP contribution is -2.58. The summed E-state index contributed by atoms with van der Waals surface area (Å²) in [5.74, 6) is -0.445. The first-order valence-corrected chi connectivity index (χ1v) is 14.5. The number of aryl methyl sites for hydroxylation is 1. The Morgan fingerprint density at radius 1 is 1.00 bits per heavy atom. The Kier molecular flexibility index (Phi) is 11.0. The van der Waals surface area contributed by atoms with Gasteiger partial charge in [-0.05, 0) is 81.7 Å². The quantitative estimate of drug-likeness (QED) is 0.305. The molecule has 0 radical (unpaired) electrons. The van der Waals surface area contributed by atoms with Gasteiger partial charge in [-0.3, -0.25) is 9.59 Å². The molecule has 1 aliphatic rings. The molecule has 0 spiro atoms. The summed E-state index contributed by atoms with van der Waals surface area (Å²) in [7, 11) is 0. The molecule has 1 aliphatic carbocycles. The summed E-state index contributed by atoms with van der Waals surface area (Å²) in [6, 6.07) is 12.5. The summed E-state index contributed by atoms with van der Waals surface area (Å²) >= 11 is 0. The topological polar surface area (TPSA) is 108 Å². The first-order valence-electron chi connectivity index (χ1n) is 14.5. The van der Waals surface area contributed by atoms with Crippen LogP contribution in [0.1, 0.15) is 89.5 Å². The summed E-state index contributed by atoms with van der Waals surface area (Å²) in [5, 5.41) is 15.6. The average Bonchev–Trinajstić information content (AvgIpc) is 2.87. The first kappa shape index (κ1) is 31.0. The van der Waals surface area contributed by atoms with Crippen molar-refractivity contribution in [1.82, 2.24) is 15.5 Å². The number of unbranched alkanes of at least 4 members (excludes halogenated alkanes) is 1. The van der Waals surface area contributed by atoms with E-state index in [0.29, 0.717) is 6.54 Å². The van der Waals surface area contributed by atoms with Crippen molar-refractivity contribution in [2.75, 3.05) is 6.54 Å². The fraction of sp³-hybridized carbons (Fsp3) is 0.531. The molecule has 8 heteroatoms. The number of phenolic OH excluding ortho intramolecular Hbond substituents is 1. The molecule has 0 bridgehead atoms. The van der Waals surface area contributed by atoms with E-state index < -0.39 is 23.8 Å². The van der Waals surface area contributed by atoms with Crippen LogP contribution in [0, 0.1) is 0 Å². The summed E-state index contributed by atoms with van der Waals surface area (Å²) in [6.45, 7) is 9.96. The fourth-order valence-electron chi connectivity index (χ4n) is 4.74. The standard InChI is InChI=1S/C32H45N3O5/c1-6-8-20-33-29(37)28(24-16-12-22(7-2)13-17-24)35(25-10-9-11-25)30(38)27(34-31(39)40-32(3,4)5)21-23-14-18-26(36)19-15-23/h12-19,25,27-28,36H,6-11,20-21H2,1-5H3,(H,33,37)(H,34,39). The van der Waals surface area contributed by atoms with Crippen molar-refractivity contribution < 1.29 is 24.2 Å². The monoisotopic (exact) mass is 551 g/mol. The fourth-order valence-corrected chi connectivity index (χ4v) is 4.74. The van der Waals surface area contributed by atoms with Gasteiger partial charge >= 0.3 is 6.09 Å². The molecule has 0 aliphatic heterocycles. The highest BCUT2D eigenvalue weighted by atomic mass is 16.6. The number of carbonyl (C=O) groups excluding carboxylic acids is 3. The average molecular weight is 552 g/mol. The number of nitrogens with one attached hydrogen (secondary N) is 2. The lowest BCUT2D eigenvalue weighted by atomic mass is 9.87. The second kappa shape index (κ2) is 14.2. The third-order valence-electron chi connectivity index (χ3n) is 7.15. The highest BCUT2D eigenvalue weighted by molar-refractivity contribution is 5.92. The van der Waals surface area contributed by atoms with Crippen molar-refractivity contribution in [2.24, 2.45) is 0 Å². The maximum Gasteiger partial charge on any atom is 0.408 e. The van der Waals surface area contributed by atoms with E-state index in [9.17, 15) is 19.5 Å². The lowest BCUT2D eigenvalue weighted by Gasteiger charge is -2.43. The number of hydrogen-bond acceptors (Lipinski definition) is 5. The minimum atomic E-state index is -0.971. The minimum absolute atomic E-state index is 0.113. The molecule has 3 rings (SSSR count). The SMILES string of the molecule is CCCCNC(=O)C(c1ccc(CC)cc1)N(C(=O)C(Cc1ccc(O)cc1)NC(=O)OC(C)(C)C)C1CCC1. The zero-order valence-electron chi connectivity index (χ0n) is 24.5. The van der Waals surface area contributed by atoms with Gasteiger partial charge in [0.15, 0.2) is 0 Å². The van der Waals surface area contributed by atoms with Gasteiger partial charge in [-0.25, -0.2) is 4.79 Å². The molecule has 0 aromatic heterocycles. The predicted molar refractivity (Wildman–Crippen MR) is 156 cm³/mol. The molecular weight excluding hydrogens is 506 g/mol. The molecule has 0 saturated heterocycles. The van der Waals surface area contributed by atoms with Gasteiger partial charge in [0.25, 0.3) is 0 Å². The van der Waals surface area contributed by atoms with Crippen LogP contribution in [0.25, 0.3) is 0 Å². The van der Waals surface area contributed by atoms with E-state index in [1.807, 2.05) is 24.3 Å². The van der Waals surface area contributed by atoms with Crippen molar-refractivity contribution >= 4 is 17.9 Å². The van der Waals surface area contributed by atoms with Gasteiger partial charge < -0.3 is 25.4 Å². The number of rotatable bonds is 12. The molecular formula is C32H45N3O5. The predicted octanol–water partition coefficient (Wildman–Crippen LogP) is 5.43. The summed E-state index contributed by atoms with van der Waals surface area (Å²) in [4.78, 5) is 42.8. The van der Waals surface area contributed by atoms with Crippen molar-refractivity contribution in [3.63, 3.8) is 0 Å². The Labute approximate surface area is 238 Å². The summed E-state index contributed by atoms with van der Waals surface area (Å²) in [5.41, 5.74) is 1.91. The highest BCUT2D eigenvalue weighted by Crippen LogP contribution is 2.34. The van der Waals surface area contributed by atoms with E-state index in [1.165, 1.54) is 0 Å². The Balaban J connectivity index is 2.01. The van der Waals surface area contributed by atoms with Crippen LogP contribution in [0.5, 0.6) is 5.75 Å². The van der Waals surface area contributed by atoms with Crippen LogP contribution in [-0.4, -0.2) is 52.1 Å². The molecule has 218 valence electrons. The largest absolute Gasteiger partial charge is 0.508 e. The Morgan fingerprint density at radius 3 is 2.15 bits per heavy atom. The van der Waals surface area contributed by atoms with Crippen molar-refractivity contribution in [3.8, 4) is 5.75 Å². The van der Waals surface area contributed by atoms with Crippen LogP contribution in [0.15, 0.2) is 48.5 Å². The summed E-state index contributed by atoms with van der Waals surface area (Å²) < 4.78 is 5.50. The van der Waals surface area contributed by atoms with E-state index in [1.54, 1.807) is 49.9 Å². The third-order valence-corrected chi connectivity index (χ3v) is 7.15. The van der Waals surface area contributed by atoms with Crippen LogP contribution < -0.4 is 10.6 Å². The molecule has 0 heterocycles. The number of amides is 3. The van der Waals surface area contributed by atoms with Crippen molar-refractivity contribution in [3.05, 3.63) is 65.2 Å². The number of carbonyl (C=O) groups is 3. The number of aromatic hydroxyl groups is 1. The Hall–Kier alpha value is -3.55. The second-order valence-electron chi connectivity index (χ2n) is 11.5.